The minimum atomic E-state index is 1.04. The van der Waals surface area contributed by atoms with Crippen LogP contribution in [0.5, 0.6) is 0 Å². The molecule has 0 spiro atoms. The van der Waals surface area contributed by atoms with Crippen molar-refractivity contribution in [3.8, 4) is 0 Å². The van der Waals surface area contributed by atoms with Gasteiger partial charge in [0.1, 0.15) is 0 Å². The van der Waals surface area contributed by atoms with Gasteiger partial charge >= 0.3 is 0 Å². The first kappa shape index (κ1) is 9.70. The standard InChI is InChI=1S/C9H8I2N2/c1-2-6-4-3-5-7-8(6)13(11)9(10)12-7/h3-5H,2H2,1H3. The summed E-state index contributed by atoms with van der Waals surface area (Å²) in [4.78, 5) is 4.46. The van der Waals surface area contributed by atoms with Crippen LogP contribution in [0.3, 0.4) is 0 Å². The number of nitrogens with zero attached hydrogens (tertiary/aromatic N) is 2. The highest BCUT2D eigenvalue weighted by Crippen LogP contribution is 2.23. The molecule has 2 rings (SSSR count). The van der Waals surface area contributed by atoms with Gasteiger partial charge in [-0.05, 0) is 18.1 Å². The number of benzene rings is 1. The molecular weight excluding hydrogens is 390 g/mol. The summed E-state index contributed by atoms with van der Waals surface area (Å²) < 4.78 is 3.15. The zero-order valence-corrected chi connectivity index (χ0v) is 11.4. The molecule has 0 saturated heterocycles. The zero-order chi connectivity index (χ0) is 9.42. The second-order valence-electron chi connectivity index (χ2n) is 2.80. The molecule has 0 fully saturated rings. The second kappa shape index (κ2) is 3.72. The fraction of sp³-hybridized carbons (Fsp3) is 0.222. The Labute approximate surface area is 104 Å². The molecule has 0 N–H and O–H groups in total. The average Bonchev–Trinajstić information content (AvgIpc) is 2.43. The van der Waals surface area contributed by atoms with Crippen molar-refractivity contribution in [1.82, 2.24) is 7.76 Å². The third kappa shape index (κ3) is 1.58. The maximum Gasteiger partial charge on any atom is 0.181 e. The van der Waals surface area contributed by atoms with Gasteiger partial charge in [0.05, 0.1) is 33.9 Å². The van der Waals surface area contributed by atoms with Gasteiger partial charge in [-0.2, -0.15) is 0 Å². The molecule has 0 amide bonds. The minimum absolute atomic E-state index is 1.04. The smallest absolute Gasteiger partial charge is 0.181 e. The van der Waals surface area contributed by atoms with Crippen molar-refractivity contribution >= 4 is 56.5 Å². The first-order chi connectivity index (χ1) is 6.24. The summed E-state index contributed by atoms with van der Waals surface area (Å²) in [5, 5.41) is 0. The van der Waals surface area contributed by atoms with Crippen molar-refractivity contribution < 1.29 is 0 Å². The third-order valence-electron chi connectivity index (χ3n) is 2.05. The summed E-state index contributed by atoms with van der Waals surface area (Å²) in [5.74, 6) is 0. The van der Waals surface area contributed by atoms with E-state index in [2.05, 4.69) is 78.3 Å². The summed E-state index contributed by atoms with van der Waals surface area (Å²) in [6, 6.07) is 6.29. The molecule has 1 aromatic carbocycles. The van der Waals surface area contributed by atoms with Crippen LogP contribution in [-0.4, -0.2) is 7.76 Å². The largest absolute Gasteiger partial charge is 0.259 e. The molecule has 0 aliphatic rings. The van der Waals surface area contributed by atoms with Crippen molar-refractivity contribution in [1.29, 1.82) is 0 Å². The van der Waals surface area contributed by atoms with E-state index in [9.17, 15) is 0 Å². The maximum atomic E-state index is 4.46. The number of hydrogen-bond donors (Lipinski definition) is 0. The van der Waals surface area contributed by atoms with E-state index in [0.29, 0.717) is 0 Å². The number of aromatic nitrogens is 2. The quantitative estimate of drug-likeness (QED) is 0.674. The first-order valence-electron chi connectivity index (χ1n) is 4.06. The van der Waals surface area contributed by atoms with Crippen LogP contribution in [0, 0.1) is 3.83 Å². The molecule has 0 aliphatic carbocycles. The van der Waals surface area contributed by atoms with Crippen LogP contribution in [0.15, 0.2) is 18.2 Å². The molecule has 0 bridgehead atoms. The number of para-hydroxylation sites is 1. The van der Waals surface area contributed by atoms with E-state index >= 15 is 0 Å². The summed E-state index contributed by atoms with van der Waals surface area (Å²) in [6.07, 6.45) is 1.06. The van der Waals surface area contributed by atoms with Crippen LogP contribution >= 0.6 is 45.5 Å². The summed E-state index contributed by atoms with van der Waals surface area (Å²) in [6.45, 7) is 2.17. The highest BCUT2D eigenvalue weighted by molar-refractivity contribution is 14.1. The lowest BCUT2D eigenvalue weighted by Crippen LogP contribution is -1.87. The summed E-state index contributed by atoms with van der Waals surface area (Å²) >= 11 is 4.55. The predicted molar refractivity (Wildman–Crippen MR) is 71.2 cm³/mol. The van der Waals surface area contributed by atoms with Crippen molar-refractivity contribution in [3.63, 3.8) is 0 Å². The van der Waals surface area contributed by atoms with Gasteiger partial charge in [0.25, 0.3) is 0 Å². The maximum absolute atomic E-state index is 4.46. The SMILES string of the molecule is CCc1cccc2nc(I)n(I)c12. The van der Waals surface area contributed by atoms with Crippen molar-refractivity contribution in [2.45, 2.75) is 13.3 Å². The fourth-order valence-electron chi connectivity index (χ4n) is 1.42. The molecule has 68 valence electrons. The Hall–Kier alpha value is 0.150. The lowest BCUT2D eigenvalue weighted by Gasteiger charge is -1.99. The molecule has 0 saturated carbocycles. The van der Waals surface area contributed by atoms with Gasteiger partial charge in [0.2, 0.25) is 0 Å². The van der Waals surface area contributed by atoms with E-state index < -0.39 is 0 Å². The molecule has 2 aromatic rings. The van der Waals surface area contributed by atoms with E-state index in [0.717, 1.165) is 15.8 Å². The Morgan fingerprint density at radius 1 is 1.46 bits per heavy atom. The van der Waals surface area contributed by atoms with Crippen LogP contribution in [-0.2, 0) is 6.42 Å². The van der Waals surface area contributed by atoms with E-state index in [1.165, 1.54) is 11.1 Å². The Morgan fingerprint density at radius 3 is 2.92 bits per heavy atom. The van der Waals surface area contributed by atoms with E-state index in [1.54, 1.807) is 0 Å². The Bertz CT molecular complexity index is 448. The van der Waals surface area contributed by atoms with Gasteiger partial charge in [-0.15, -0.1) is 0 Å². The molecule has 0 atom stereocenters. The average molecular weight is 398 g/mol. The molecule has 0 radical (unpaired) electrons. The van der Waals surface area contributed by atoms with Gasteiger partial charge in [0.15, 0.2) is 3.83 Å². The zero-order valence-electron chi connectivity index (χ0n) is 7.09. The van der Waals surface area contributed by atoms with Crippen LogP contribution in [0.1, 0.15) is 12.5 Å². The number of fused-ring (bicyclic) bond motifs is 1. The Kier molecular flexibility index (Phi) is 2.77. The lowest BCUT2D eigenvalue weighted by atomic mass is 10.1. The van der Waals surface area contributed by atoms with Crippen molar-refractivity contribution in [2.75, 3.05) is 0 Å². The molecule has 1 heterocycles. The summed E-state index contributed by atoms with van der Waals surface area (Å²) in [5.41, 5.74) is 3.72. The van der Waals surface area contributed by atoms with Crippen LogP contribution in [0.2, 0.25) is 0 Å². The third-order valence-corrected chi connectivity index (χ3v) is 4.64. The van der Waals surface area contributed by atoms with Gasteiger partial charge in [-0.1, -0.05) is 19.1 Å². The van der Waals surface area contributed by atoms with Crippen molar-refractivity contribution in [2.24, 2.45) is 0 Å². The number of halogens is 2. The normalized spacial score (nSPS) is 11.0. The van der Waals surface area contributed by atoms with Gasteiger partial charge in [-0.25, -0.2) is 4.98 Å². The Balaban J connectivity index is 2.87. The predicted octanol–water partition coefficient (Wildman–Crippen LogP) is 3.40. The molecular formula is C9H8I2N2. The Morgan fingerprint density at radius 2 is 2.23 bits per heavy atom. The van der Waals surface area contributed by atoms with Gasteiger partial charge in [0, 0.05) is 22.6 Å². The van der Waals surface area contributed by atoms with E-state index in [1.807, 2.05) is 0 Å². The monoisotopic (exact) mass is 398 g/mol. The number of rotatable bonds is 1. The highest BCUT2D eigenvalue weighted by atomic mass is 127. The molecule has 13 heavy (non-hydrogen) atoms. The number of hydrogen-bond acceptors (Lipinski definition) is 1. The molecule has 0 unspecified atom stereocenters. The van der Waals surface area contributed by atoms with Crippen molar-refractivity contribution in [3.05, 3.63) is 27.6 Å². The van der Waals surface area contributed by atoms with Crippen LogP contribution in [0.25, 0.3) is 11.0 Å². The lowest BCUT2D eigenvalue weighted by molar-refractivity contribution is 1.14. The summed E-state index contributed by atoms with van der Waals surface area (Å²) in [7, 11) is 0. The highest BCUT2D eigenvalue weighted by Gasteiger charge is 2.08. The molecule has 4 heteroatoms. The number of imidazole rings is 1. The minimum Gasteiger partial charge on any atom is -0.259 e. The topological polar surface area (TPSA) is 17.8 Å². The molecule has 0 aliphatic heterocycles. The van der Waals surface area contributed by atoms with Crippen LogP contribution < -0.4 is 0 Å². The second-order valence-corrected chi connectivity index (χ2v) is 4.73. The fourth-order valence-corrected chi connectivity index (χ4v) is 2.58. The van der Waals surface area contributed by atoms with Crippen LogP contribution in [0.4, 0.5) is 0 Å². The molecule has 1 aromatic heterocycles. The molecule has 2 nitrogen and oxygen atoms in total. The number of aryl methyl sites for hydroxylation is 1. The van der Waals surface area contributed by atoms with Gasteiger partial charge in [-0.3, -0.25) is 2.78 Å². The van der Waals surface area contributed by atoms with E-state index in [4.69, 9.17) is 0 Å². The first-order valence-corrected chi connectivity index (χ1v) is 6.10. The van der Waals surface area contributed by atoms with E-state index in [-0.39, 0.29) is 0 Å². The van der Waals surface area contributed by atoms with Gasteiger partial charge < -0.3 is 0 Å².